The highest BCUT2D eigenvalue weighted by Crippen LogP contribution is 2.15. The monoisotopic (exact) mass is 209 g/mol. The Bertz CT molecular complexity index is 555. The minimum Gasteiger partial charge on any atom is -0.408 e. The molecule has 0 aliphatic rings. The molecule has 78 valence electrons. The van der Waals surface area contributed by atoms with Crippen LogP contribution in [0.2, 0.25) is 0 Å². The van der Waals surface area contributed by atoms with Gasteiger partial charge in [-0.25, -0.2) is 9.18 Å². The first kappa shape index (κ1) is 9.64. The summed E-state index contributed by atoms with van der Waals surface area (Å²) in [5.41, 5.74) is 1.25. The molecule has 1 aromatic carbocycles. The summed E-state index contributed by atoms with van der Waals surface area (Å²) in [4.78, 5) is 21.6. The molecule has 5 heteroatoms. The van der Waals surface area contributed by atoms with Crippen molar-refractivity contribution in [3.63, 3.8) is 0 Å². The highest BCUT2D eigenvalue weighted by atomic mass is 19.1. The van der Waals surface area contributed by atoms with Gasteiger partial charge in [0.25, 0.3) is 0 Å². The van der Waals surface area contributed by atoms with Gasteiger partial charge in [0.2, 0.25) is 0 Å². The van der Waals surface area contributed by atoms with Gasteiger partial charge < -0.3 is 9.21 Å². The minimum atomic E-state index is -0.615. The quantitative estimate of drug-likeness (QED) is 0.715. The molecule has 2 aromatic rings. The number of hydrogen-bond donors (Lipinski definition) is 0. The number of nitrogens with zero attached hydrogens (tertiary/aromatic N) is 1. The molecule has 0 bridgehead atoms. The maximum absolute atomic E-state index is 12.4. The zero-order valence-electron chi connectivity index (χ0n) is 7.77. The molecule has 1 aromatic heterocycles. The Morgan fingerprint density at radius 2 is 2.27 bits per heavy atom. The smallest absolute Gasteiger partial charge is 0.408 e. The topological polar surface area (TPSA) is 52.2 Å². The van der Waals surface area contributed by atoms with E-state index in [0.29, 0.717) is 22.9 Å². The van der Waals surface area contributed by atoms with Crippen LogP contribution >= 0.6 is 0 Å². The van der Waals surface area contributed by atoms with Gasteiger partial charge in [-0.3, -0.25) is 4.57 Å². The molecule has 0 saturated carbocycles. The molecule has 0 aliphatic heterocycles. The van der Waals surface area contributed by atoms with Crippen LogP contribution in [-0.2, 0) is 18.0 Å². The number of carbonyl (C=O) groups is 1. The summed E-state index contributed by atoms with van der Waals surface area (Å²) >= 11 is 0. The third-order valence-corrected chi connectivity index (χ3v) is 2.14. The van der Waals surface area contributed by atoms with Crippen LogP contribution in [0.25, 0.3) is 11.1 Å². The number of fused-ring (bicyclic) bond motifs is 1. The first-order valence-corrected chi connectivity index (χ1v) is 4.38. The van der Waals surface area contributed by atoms with Crippen LogP contribution in [0.15, 0.2) is 27.4 Å². The molecule has 0 spiro atoms. The molecule has 0 unspecified atom stereocenters. The summed E-state index contributed by atoms with van der Waals surface area (Å²) in [5, 5.41) is 0. The Morgan fingerprint density at radius 1 is 1.47 bits per heavy atom. The first-order chi connectivity index (χ1) is 7.26. The lowest BCUT2D eigenvalue weighted by Crippen LogP contribution is -2.14. The van der Waals surface area contributed by atoms with E-state index in [4.69, 9.17) is 4.42 Å². The number of alkyl halides is 1. The number of aromatic nitrogens is 1. The average Bonchev–Trinajstić information content (AvgIpc) is 2.55. The normalized spacial score (nSPS) is 10.7. The molecular formula is C10H8FNO3. The van der Waals surface area contributed by atoms with Crippen LogP contribution in [-0.4, -0.2) is 10.9 Å². The maximum Gasteiger partial charge on any atom is 0.420 e. The van der Waals surface area contributed by atoms with E-state index in [-0.39, 0.29) is 6.54 Å². The molecule has 0 atom stereocenters. The SMILES string of the molecule is O=CCn1c(=O)oc2ccc(CF)cc21. The molecule has 0 saturated heterocycles. The van der Waals surface area contributed by atoms with Crippen LogP contribution in [0.5, 0.6) is 0 Å². The molecule has 1 heterocycles. The number of carbonyl (C=O) groups excluding carboxylic acids is 1. The first-order valence-electron chi connectivity index (χ1n) is 4.38. The molecule has 0 fully saturated rings. The fraction of sp³-hybridized carbons (Fsp3) is 0.200. The van der Waals surface area contributed by atoms with Gasteiger partial charge >= 0.3 is 5.76 Å². The van der Waals surface area contributed by atoms with Crippen molar-refractivity contribution >= 4 is 17.4 Å². The molecular weight excluding hydrogens is 201 g/mol. The second-order valence-electron chi connectivity index (χ2n) is 3.08. The fourth-order valence-electron chi connectivity index (χ4n) is 1.44. The lowest BCUT2D eigenvalue weighted by atomic mass is 10.2. The van der Waals surface area contributed by atoms with E-state index >= 15 is 0 Å². The second-order valence-corrected chi connectivity index (χ2v) is 3.08. The zero-order chi connectivity index (χ0) is 10.8. The Labute approximate surface area is 83.9 Å². The molecule has 0 radical (unpaired) electrons. The third-order valence-electron chi connectivity index (χ3n) is 2.14. The van der Waals surface area contributed by atoms with Gasteiger partial charge in [0.05, 0.1) is 12.1 Å². The number of hydrogen-bond acceptors (Lipinski definition) is 3. The van der Waals surface area contributed by atoms with E-state index in [2.05, 4.69) is 0 Å². The summed E-state index contributed by atoms with van der Waals surface area (Å²) in [6.45, 7) is -0.696. The predicted molar refractivity (Wildman–Crippen MR) is 51.4 cm³/mol. The Morgan fingerprint density at radius 3 is 2.93 bits per heavy atom. The van der Waals surface area contributed by atoms with Crippen LogP contribution in [0.4, 0.5) is 4.39 Å². The zero-order valence-corrected chi connectivity index (χ0v) is 7.77. The van der Waals surface area contributed by atoms with E-state index in [9.17, 15) is 14.0 Å². The van der Waals surface area contributed by atoms with Gasteiger partial charge in [-0.2, -0.15) is 0 Å². The van der Waals surface area contributed by atoms with Gasteiger partial charge in [-0.05, 0) is 17.7 Å². The highest BCUT2D eigenvalue weighted by Gasteiger charge is 2.08. The van der Waals surface area contributed by atoms with Gasteiger partial charge in [0, 0.05) is 0 Å². The van der Waals surface area contributed by atoms with Crippen molar-refractivity contribution in [3.8, 4) is 0 Å². The maximum atomic E-state index is 12.4. The van der Waals surface area contributed by atoms with E-state index in [0.717, 1.165) is 0 Å². The minimum absolute atomic E-state index is 0.0818. The van der Waals surface area contributed by atoms with Crippen molar-refractivity contribution < 1.29 is 13.6 Å². The Kier molecular flexibility index (Phi) is 2.37. The summed E-state index contributed by atoms with van der Waals surface area (Å²) in [7, 11) is 0. The second kappa shape index (κ2) is 3.68. The van der Waals surface area contributed by atoms with Gasteiger partial charge in [-0.1, -0.05) is 6.07 Å². The van der Waals surface area contributed by atoms with Crippen LogP contribution < -0.4 is 5.76 Å². The van der Waals surface area contributed by atoms with Crippen molar-refractivity contribution in [2.75, 3.05) is 0 Å². The molecule has 4 nitrogen and oxygen atoms in total. The number of benzene rings is 1. The van der Waals surface area contributed by atoms with E-state index in [1.807, 2.05) is 0 Å². The van der Waals surface area contributed by atoms with E-state index < -0.39 is 12.4 Å². The molecule has 0 N–H and O–H groups in total. The molecule has 15 heavy (non-hydrogen) atoms. The Balaban J connectivity index is 2.71. The highest BCUT2D eigenvalue weighted by molar-refractivity contribution is 5.74. The van der Waals surface area contributed by atoms with Crippen molar-refractivity contribution in [2.45, 2.75) is 13.2 Å². The fourth-order valence-corrected chi connectivity index (χ4v) is 1.44. The summed E-state index contributed by atoms with van der Waals surface area (Å²) < 4.78 is 18.4. The largest absolute Gasteiger partial charge is 0.420 e. The third kappa shape index (κ3) is 1.56. The summed E-state index contributed by atoms with van der Waals surface area (Å²) in [6, 6.07) is 4.56. The van der Waals surface area contributed by atoms with Crippen molar-refractivity contribution in [1.82, 2.24) is 4.57 Å². The standard InChI is InChI=1S/C10H8FNO3/c11-6-7-1-2-9-8(5-7)12(3-4-13)10(14)15-9/h1-2,4-5H,3,6H2. The molecule has 0 aliphatic carbocycles. The predicted octanol–water partition coefficient (Wildman–Crippen LogP) is 1.26. The summed E-state index contributed by atoms with van der Waals surface area (Å²) in [6.07, 6.45) is 0.596. The van der Waals surface area contributed by atoms with Crippen LogP contribution in [0, 0.1) is 0 Å². The van der Waals surface area contributed by atoms with E-state index in [1.165, 1.54) is 22.8 Å². The number of aldehydes is 1. The van der Waals surface area contributed by atoms with Crippen LogP contribution in [0.1, 0.15) is 5.56 Å². The van der Waals surface area contributed by atoms with Gasteiger partial charge in [-0.15, -0.1) is 0 Å². The van der Waals surface area contributed by atoms with Crippen molar-refractivity contribution in [2.24, 2.45) is 0 Å². The number of halogens is 1. The lowest BCUT2D eigenvalue weighted by molar-refractivity contribution is -0.108. The van der Waals surface area contributed by atoms with Gasteiger partial charge in [0.15, 0.2) is 5.58 Å². The van der Waals surface area contributed by atoms with Crippen LogP contribution in [0.3, 0.4) is 0 Å². The molecule has 2 rings (SSSR count). The van der Waals surface area contributed by atoms with Crippen molar-refractivity contribution in [3.05, 3.63) is 34.3 Å². The Hall–Kier alpha value is -1.91. The number of rotatable bonds is 3. The average molecular weight is 209 g/mol. The summed E-state index contributed by atoms with van der Waals surface area (Å²) in [5.74, 6) is -0.604. The molecule has 0 amide bonds. The van der Waals surface area contributed by atoms with Gasteiger partial charge in [0.1, 0.15) is 13.0 Å². The van der Waals surface area contributed by atoms with Crippen molar-refractivity contribution in [1.29, 1.82) is 0 Å². The van der Waals surface area contributed by atoms with E-state index in [1.54, 1.807) is 0 Å². The number of oxazole rings is 1. The lowest BCUT2D eigenvalue weighted by Gasteiger charge is -1.96.